The molecule has 2 aromatic carbocycles. The van der Waals surface area contributed by atoms with Gasteiger partial charge in [0.1, 0.15) is 0 Å². The molecule has 30 heavy (non-hydrogen) atoms. The van der Waals surface area contributed by atoms with E-state index in [2.05, 4.69) is 20.6 Å². The van der Waals surface area contributed by atoms with Crippen molar-refractivity contribution in [1.29, 1.82) is 0 Å². The lowest BCUT2D eigenvalue weighted by atomic mass is 10.1. The van der Waals surface area contributed by atoms with Crippen LogP contribution in [0, 0.1) is 0 Å². The quantitative estimate of drug-likeness (QED) is 0.429. The third kappa shape index (κ3) is 3.97. The van der Waals surface area contributed by atoms with E-state index in [9.17, 15) is 4.79 Å². The summed E-state index contributed by atoms with van der Waals surface area (Å²) in [6.45, 7) is 1.90. The van der Waals surface area contributed by atoms with E-state index >= 15 is 0 Å². The number of halogens is 2. The van der Waals surface area contributed by atoms with Crippen LogP contribution in [-0.2, 0) is 7.05 Å². The first-order valence-electron chi connectivity index (χ1n) is 9.33. The number of fused-ring (bicyclic) bond motifs is 1. The van der Waals surface area contributed by atoms with E-state index in [1.807, 2.05) is 42.8 Å². The molecule has 0 aliphatic rings. The zero-order chi connectivity index (χ0) is 21.3. The van der Waals surface area contributed by atoms with Crippen molar-refractivity contribution in [2.45, 2.75) is 13.0 Å². The number of carbonyl (C=O) groups is 1. The number of para-hydroxylation sites is 1. The topological polar surface area (TPSA) is 71.8 Å². The van der Waals surface area contributed by atoms with Gasteiger partial charge in [0.2, 0.25) is 5.95 Å². The van der Waals surface area contributed by atoms with Gasteiger partial charge in [0.15, 0.2) is 0 Å². The Hall–Kier alpha value is -3.09. The Morgan fingerprint density at radius 3 is 2.53 bits per heavy atom. The Morgan fingerprint density at radius 1 is 1.07 bits per heavy atom. The third-order valence-corrected chi connectivity index (χ3v) is 5.45. The summed E-state index contributed by atoms with van der Waals surface area (Å²) in [7, 11) is 1.88. The Kier molecular flexibility index (Phi) is 5.61. The van der Waals surface area contributed by atoms with E-state index in [0.717, 1.165) is 11.2 Å². The van der Waals surface area contributed by atoms with Crippen molar-refractivity contribution in [3.05, 3.63) is 82.1 Å². The maximum atomic E-state index is 12.7. The molecule has 1 amide bonds. The number of aryl methyl sites for hydroxylation is 1. The first-order valence-corrected chi connectivity index (χ1v) is 10.1. The Morgan fingerprint density at radius 2 is 1.83 bits per heavy atom. The van der Waals surface area contributed by atoms with Crippen LogP contribution in [-0.4, -0.2) is 20.4 Å². The molecular formula is C22H19Cl2N5O. The molecule has 2 heterocycles. The molecule has 0 aliphatic carbocycles. The second-order valence-corrected chi connectivity index (χ2v) is 7.68. The molecule has 1 atom stereocenters. The van der Waals surface area contributed by atoms with Crippen LogP contribution in [0.15, 0.2) is 60.8 Å². The van der Waals surface area contributed by atoms with Crippen LogP contribution in [0.3, 0.4) is 0 Å². The summed E-state index contributed by atoms with van der Waals surface area (Å²) in [5.41, 5.74) is 3.45. The van der Waals surface area contributed by atoms with Crippen LogP contribution in [0.1, 0.15) is 29.0 Å². The molecular weight excluding hydrogens is 421 g/mol. The molecule has 152 valence electrons. The van der Waals surface area contributed by atoms with Gasteiger partial charge in [-0.3, -0.25) is 9.78 Å². The van der Waals surface area contributed by atoms with Gasteiger partial charge in [0.25, 0.3) is 5.91 Å². The van der Waals surface area contributed by atoms with Gasteiger partial charge in [-0.05, 0) is 49.4 Å². The van der Waals surface area contributed by atoms with Gasteiger partial charge in [-0.1, -0.05) is 35.3 Å². The van der Waals surface area contributed by atoms with Crippen LogP contribution < -0.4 is 10.6 Å². The summed E-state index contributed by atoms with van der Waals surface area (Å²) in [4.78, 5) is 21.6. The SMILES string of the molecule is CC(NC(=O)c1ccc2c(c1)nc(Nc1c(Cl)cccc1Cl)n2C)c1ccccn1. The van der Waals surface area contributed by atoms with Gasteiger partial charge >= 0.3 is 0 Å². The fourth-order valence-corrected chi connectivity index (χ4v) is 3.66. The molecule has 0 radical (unpaired) electrons. The number of benzene rings is 2. The molecule has 0 saturated heterocycles. The molecule has 0 bridgehead atoms. The summed E-state index contributed by atoms with van der Waals surface area (Å²) in [6.07, 6.45) is 1.71. The lowest BCUT2D eigenvalue weighted by molar-refractivity contribution is 0.0939. The average Bonchev–Trinajstić information content (AvgIpc) is 3.06. The van der Waals surface area contributed by atoms with Crippen molar-refractivity contribution in [2.75, 3.05) is 5.32 Å². The van der Waals surface area contributed by atoms with Crippen molar-refractivity contribution in [3.63, 3.8) is 0 Å². The van der Waals surface area contributed by atoms with E-state index in [1.165, 1.54) is 0 Å². The third-order valence-electron chi connectivity index (χ3n) is 4.82. The molecule has 8 heteroatoms. The van der Waals surface area contributed by atoms with E-state index in [1.54, 1.807) is 36.5 Å². The Balaban J connectivity index is 1.59. The number of imidazole rings is 1. The van der Waals surface area contributed by atoms with Crippen LogP contribution in [0.4, 0.5) is 11.6 Å². The fourth-order valence-electron chi connectivity index (χ4n) is 3.17. The molecule has 6 nitrogen and oxygen atoms in total. The van der Waals surface area contributed by atoms with Crippen molar-refractivity contribution < 1.29 is 4.79 Å². The first-order chi connectivity index (χ1) is 14.4. The van der Waals surface area contributed by atoms with E-state index in [-0.39, 0.29) is 11.9 Å². The number of amides is 1. The standard InChI is InChI=1S/C22H19Cl2N5O/c1-13(17-8-3-4-11-25-17)26-21(30)14-9-10-19-18(12-14)27-22(29(19)2)28-20-15(23)6-5-7-16(20)24/h3-13H,1-2H3,(H,26,30)(H,27,28). The van der Waals surface area contributed by atoms with Gasteiger partial charge in [0.05, 0.1) is 38.5 Å². The summed E-state index contributed by atoms with van der Waals surface area (Å²) in [5, 5.41) is 7.14. The number of nitrogens with one attached hydrogen (secondary N) is 2. The molecule has 4 aromatic rings. The van der Waals surface area contributed by atoms with Crippen molar-refractivity contribution in [2.24, 2.45) is 7.05 Å². The lowest BCUT2D eigenvalue weighted by Crippen LogP contribution is -2.27. The highest BCUT2D eigenvalue weighted by Gasteiger charge is 2.16. The lowest BCUT2D eigenvalue weighted by Gasteiger charge is -2.13. The molecule has 0 fully saturated rings. The summed E-state index contributed by atoms with van der Waals surface area (Å²) < 4.78 is 1.88. The van der Waals surface area contributed by atoms with Gasteiger partial charge in [-0.25, -0.2) is 4.98 Å². The number of hydrogen-bond acceptors (Lipinski definition) is 4. The van der Waals surface area contributed by atoms with Crippen molar-refractivity contribution in [1.82, 2.24) is 19.9 Å². The fraction of sp³-hybridized carbons (Fsp3) is 0.136. The average molecular weight is 440 g/mol. The second-order valence-electron chi connectivity index (χ2n) is 6.87. The van der Waals surface area contributed by atoms with E-state index in [4.69, 9.17) is 23.2 Å². The maximum Gasteiger partial charge on any atom is 0.251 e. The molecule has 4 rings (SSSR count). The number of anilines is 2. The van der Waals surface area contributed by atoms with Crippen molar-refractivity contribution in [3.8, 4) is 0 Å². The molecule has 0 saturated carbocycles. The zero-order valence-corrected chi connectivity index (χ0v) is 17.9. The zero-order valence-electron chi connectivity index (χ0n) is 16.4. The van der Waals surface area contributed by atoms with Crippen LogP contribution in [0.5, 0.6) is 0 Å². The minimum atomic E-state index is -0.210. The normalized spacial score (nSPS) is 12.0. The van der Waals surface area contributed by atoms with E-state index in [0.29, 0.717) is 32.8 Å². The first kappa shape index (κ1) is 20.2. The highest BCUT2D eigenvalue weighted by molar-refractivity contribution is 6.39. The van der Waals surface area contributed by atoms with Gasteiger partial charge in [-0.15, -0.1) is 0 Å². The molecule has 1 unspecified atom stereocenters. The van der Waals surface area contributed by atoms with Gasteiger partial charge < -0.3 is 15.2 Å². The van der Waals surface area contributed by atoms with Gasteiger partial charge in [0, 0.05) is 18.8 Å². The smallest absolute Gasteiger partial charge is 0.251 e. The number of hydrogen-bond donors (Lipinski definition) is 2. The van der Waals surface area contributed by atoms with Crippen LogP contribution in [0.25, 0.3) is 11.0 Å². The molecule has 2 N–H and O–H groups in total. The summed E-state index contributed by atoms with van der Waals surface area (Å²) in [5.74, 6) is 0.378. The maximum absolute atomic E-state index is 12.7. The highest BCUT2D eigenvalue weighted by atomic mass is 35.5. The predicted molar refractivity (Wildman–Crippen MR) is 121 cm³/mol. The second kappa shape index (κ2) is 8.34. The van der Waals surface area contributed by atoms with Gasteiger partial charge in [-0.2, -0.15) is 0 Å². The number of carbonyl (C=O) groups excluding carboxylic acids is 1. The summed E-state index contributed by atoms with van der Waals surface area (Å²) >= 11 is 12.5. The largest absolute Gasteiger partial charge is 0.344 e. The predicted octanol–water partition coefficient (Wildman–Crippen LogP) is 5.51. The minimum Gasteiger partial charge on any atom is -0.344 e. The molecule has 0 aliphatic heterocycles. The van der Waals surface area contributed by atoms with Crippen LogP contribution >= 0.6 is 23.2 Å². The number of pyridine rings is 1. The minimum absolute atomic E-state index is 0.190. The summed E-state index contributed by atoms with van der Waals surface area (Å²) in [6, 6.07) is 16.1. The Labute approximate surface area is 183 Å². The van der Waals surface area contributed by atoms with Crippen LogP contribution in [0.2, 0.25) is 10.0 Å². The van der Waals surface area contributed by atoms with Crippen molar-refractivity contribution >= 4 is 51.8 Å². The number of aromatic nitrogens is 3. The number of nitrogens with zero attached hydrogens (tertiary/aromatic N) is 3. The molecule has 2 aromatic heterocycles. The number of rotatable bonds is 5. The Bertz CT molecular complexity index is 1200. The molecule has 0 spiro atoms. The highest BCUT2D eigenvalue weighted by Crippen LogP contribution is 2.33. The van der Waals surface area contributed by atoms with E-state index < -0.39 is 0 Å². The monoisotopic (exact) mass is 439 g/mol.